The molecular weight excluding hydrogens is 683 g/mol. The van der Waals surface area contributed by atoms with Gasteiger partial charge in [0, 0.05) is 57.3 Å². The predicted molar refractivity (Wildman–Crippen MR) is 230 cm³/mol. The van der Waals surface area contributed by atoms with E-state index in [0.717, 1.165) is 78.1 Å². The topological polar surface area (TPSA) is 48.5 Å². The van der Waals surface area contributed by atoms with Crippen molar-refractivity contribution in [2.45, 2.75) is 0 Å². The maximum atomic E-state index is 4.87. The molecule has 262 valence electrons. The lowest BCUT2D eigenvalue weighted by Crippen LogP contribution is -1.95. The van der Waals surface area contributed by atoms with Crippen LogP contribution in [0.2, 0.25) is 0 Å². The zero-order chi connectivity index (χ0) is 37.0. The molecule has 5 aromatic heterocycles. The van der Waals surface area contributed by atoms with E-state index in [1.807, 2.05) is 48.9 Å². The normalized spacial score (nSPS) is 11.6. The van der Waals surface area contributed by atoms with E-state index < -0.39 is 0 Å². The molecule has 0 saturated carbocycles. The van der Waals surface area contributed by atoms with Crippen LogP contribution in [0.3, 0.4) is 0 Å². The Morgan fingerprint density at radius 3 is 1.50 bits per heavy atom. The van der Waals surface area contributed by atoms with Gasteiger partial charge in [-0.2, -0.15) is 0 Å². The Hall–Kier alpha value is -7.63. The van der Waals surface area contributed by atoms with Crippen LogP contribution in [0.1, 0.15) is 0 Å². The second kappa shape index (κ2) is 13.0. The first-order chi connectivity index (χ1) is 27.8. The summed E-state index contributed by atoms with van der Waals surface area (Å²) in [4.78, 5) is 14.2. The van der Waals surface area contributed by atoms with Gasteiger partial charge in [0.25, 0.3) is 0 Å². The highest BCUT2D eigenvalue weighted by Gasteiger charge is 2.17. The highest BCUT2D eigenvalue weighted by atomic mass is 15.0. The van der Waals surface area contributed by atoms with Crippen molar-refractivity contribution in [1.82, 2.24) is 24.1 Å². The largest absolute Gasteiger partial charge is 0.309 e. The molecule has 56 heavy (non-hydrogen) atoms. The molecule has 0 fully saturated rings. The number of pyridine rings is 3. The van der Waals surface area contributed by atoms with E-state index in [1.54, 1.807) is 0 Å². The quantitative estimate of drug-likeness (QED) is 0.172. The molecule has 5 heteroatoms. The minimum Gasteiger partial charge on any atom is -0.309 e. The summed E-state index contributed by atoms with van der Waals surface area (Å²) >= 11 is 0. The fourth-order valence-corrected chi connectivity index (χ4v) is 8.25. The molecule has 5 nitrogen and oxygen atoms in total. The van der Waals surface area contributed by atoms with Gasteiger partial charge < -0.3 is 9.13 Å². The number of benzene rings is 6. The average Bonchev–Trinajstić information content (AvgIpc) is 3.79. The molecule has 0 saturated heterocycles. The smallest absolute Gasteiger partial charge is 0.0963 e. The summed E-state index contributed by atoms with van der Waals surface area (Å²) in [6.07, 6.45) is 5.56. The molecule has 0 spiro atoms. The van der Waals surface area contributed by atoms with Crippen LogP contribution in [0.15, 0.2) is 201 Å². The Morgan fingerprint density at radius 2 is 0.804 bits per heavy atom. The maximum Gasteiger partial charge on any atom is 0.0963 e. The molecule has 0 atom stereocenters. The van der Waals surface area contributed by atoms with Crippen LogP contribution in [-0.2, 0) is 0 Å². The van der Waals surface area contributed by atoms with Gasteiger partial charge in [-0.05, 0) is 125 Å². The standard InChI is InChI=1S/C51H33N5/c1-2-11-40(12-3-1)55-47-16-5-4-13-42(47)43-24-20-35(32-49(43)55)36-21-25-44-50(33-36)56(48-17-10-28-54-51(44)48)41-22-18-34(19-23-41)37-29-38(45-14-6-8-26-52-45)31-39(30-37)46-15-7-9-27-53-46/h1-33H. The first-order valence-electron chi connectivity index (χ1n) is 18.8. The second-order valence-electron chi connectivity index (χ2n) is 14.1. The molecule has 11 rings (SSSR count). The number of aromatic nitrogens is 5. The van der Waals surface area contributed by atoms with Crippen LogP contribution in [0.4, 0.5) is 0 Å². The van der Waals surface area contributed by atoms with Gasteiger partial charge in [-0.15, -0.1) is 0 Å². The van der Waals surface area contributed by atoms with Crippen molar-refractivity contribution in [1.29, 1.82) is 0 Å². The summed E-state index contributed by atoms with van der Waals surface area (Å²) in [6, 6.07) is 64.6. The summed E-state index contributed by atoms with van der Waals surface area (Å²) < 4.78 is 4.72. The Labute approximate surface area is 323 Å². The molecule has 0 aliphatic rings. The predicted octanol–water partition coefficient (Wildman–Crippen LogP) is 12.7. The summed E-state index contributed by atoms with van der Waals surface area (Å²) in [5, 5.41) is 3.61. The molecule has 0 aliphatic heterocycles. The fourth-order valence-electron chi connectivity index (χ4n) is 8.25. The van der Waals surface area contributed by atoms with E-state index in [4.69, 9.17) is 4.98 Å². The zero-order valence-electron chi connectivity index (χ0n) is 30.3. The van der Waals surface area contributed by atoms with Gasteiger partial charge in [-0.1, -0.05) is 78.9 Å². The third kappa shape index (κ3) is 5.29. The third-order valence-corrected chi connectivity index (χ3v) is 10.9. The van der Waals surface area contributed by atoms with Gasteiger partial charge in [0.15, 0.2) is 0 Å². The Kier molecular flexibility index (Phi) is 7.42. The molecule has 0 aliphatic carbocycles. The Balaban J connectivity index is 1.04. The molecule has 6 aromatic carbocycles. The van der Waals surface area contributed by atoms with Crippen LogP contribution in [0.25, 0.3) is 99.9 Å². The highest BCUT2D eigenvalue weighted by molar-refractivity contribution is 6.11. The van der Waals surface area contributed by atoms with Crippen molar-refractivity contribution in [2.75, 3.05) is 0 Å². The van der Waals surface area contributed by atoms with Crippen LogP contribution >= 0.6 is 0 Å². The van der Waals surface area contributed by atoms with Gasteiger partial charge >= 0.3 is 0 Å². The molecular formula is C51H33N5. The molecule has 0 N–H and O–H groups in total. The van der Waals surface area contributed by atoms with Crippen LogP contribution < -0.4 is 0 Å². The van der Waals surface area contributed by atoms with Crippen molar-refractivity contribution in [2.24, 2.45) is 0 Å². The van der Waals surface area contributed by atoms with Gasteiger partial charge in [0.05, 0.1) is 39.0 Å². The lowest BCUT2D eigenvalue weighted by atomic mass is 9.96. The van der Waals surface area contributed by atoms with E-state index in [0.29, 0.717) is 0 Å². The summed E-state index contributed by atoms with van der Waals surface area (Å²) in [6.45, 7) is 0. The lowest BCUT2D eigenvalue weighted by molar-refractivity contribution is 1.17. The van der Waals surface area contributed by atoms with Crippen molar-refractivity contribution >= 4 is 43.7 Å². The van der Waals surface area contributed by atoms with Crippen LogP contribution in [0, 0.1) is 0 Å². The third-order valence-electron chi connectivity index (χ3n) is 10.9. The number of rotatable bonds is 6. The molecule has 0 radical (unpaired) electrons. The SMILES string of the molecule is c1ccc(-n2c3ccccc3c3ccc(-c4ccc5c6ncccc6n(-c6ccc(-c7cc(-c8ccccn8)cc(-c8ccccn8)c7)cc6)c5c4)cc32)cc1. The second-order valence-corrected chi connectivity index (χ2v) is 14.1. The van der Waals surface area contributed by atoms with Gasteiger partial charge in [-0.25, -0.2) is 0 Å². The number of fused-ring (bicyclic) bond motifs is 6. The number of hydrogen-bond donors (Lipinski definition) is 0. The molecule has 11 aromatic rings. The van der Waals surface area contributed by atoms with Crippen molar-refractivity contribution in [3.8, 4) is 56.1 Å². The van der Waals surface area contributed by atoms with Crippen molar-refractivity contribution < 1.29 is 0 Å². The maximum absolute atomic E-state index is 4.87. The van der Waals surface area contributed by atoms with E-state index in [2.05, 4.69) is 171 Å². The highest BCUT2D eigenvalue weighted by Crippen LogP contribution is 2.38. The van der Waals surface area contributed by atoms with Crippen LogP contribution in [0.5, 0.6) is 0 Å². The molecule has 0 amide bonds. The number of nitrogens with zero attached hydrogens (tertiary/aromatic N) is 5. The molecule has 5 heterocycles. The van der Waals surface area contributed by atoms with E-state index in [-0.39, 0.29) is 0 Å². The fraction of sp³-hybridized carbons (Fsp3) is 0. The summed E-state index contributed by atoms with van der Waals surface area (Å²) in [5.41, 5.74) is 16.3. The van der Waals surface area contributed by atoms with Crippen molar-refractivity contribution in [3.05, 3.63) is 201 Å². The Morgan fingerprint density at radius 1 is 0.286 bits per heavy atom. The van der Waals surface area contributed by atoms with Crippen LogP contribution in [-0.4, -0.2) is 24.1 Å². The van der Waals surface area contributed by atoms with Gasteiger partial charge in [0.2, 0.25) is 0 Å². The summed E-state index contributed by atoms with van der Waals surface area (Å²) in [5.74, 6) is 0. The minimum absolute atomic E-state index is 0.928. The lowest BCUT2D eigenvalue weighted by Gasteiger charge is -2.12. The minimum atomic E-state index is 0.928. The van der Waals surface area contributed by atoms with Gasteiger partial charge in [-0.3, -0.25) is 15.0 Å². The number of hydrogen-bond acceptors (Lipinski definition) is 3. The van der Waals surface area contributed by atoms with E-state index in [9.17, 15) is 0 Å². The monoisotopic (exact) mass is 715 g/mol. The Bertz CT molecular complexity index is 3160. The number of para-hydroxylation sites is 2. The van der Waals surface area contributed by atoms with E-state index in [1.165, 1.54) is 21.8 Å². The summed E-state index contributed by atoms with van der Waals surface area (Å²) in [7, 11) is 0. The van der Waals surface area contributed by atoms with Gasteiger partial charge in [0.1, 0.15) is 0 Å². The first-order valence-corrected chi connectivity index (χ1v) is 18.8. The first kappa shape index (κ1) is 31.9. The van der Waals surface area contributed by atoms with Crippen molar-refractivity contribution in [3.63, 3.8) is 0 Å². The zero-order valence-corrected chi connectivity index (χ0v) is 30.3. The molecule has 0 unspecified atom stereocenters. The van der Waals surface area contributed by atoms with E-state index >= 15 is 0 Å². The average molecular weight is 716 g/mol. The molecule has 0 bridgehead atoms.